The van der Waals surface area contributed by atoms with E-state index in [1.807, 2.05) is 52.1 Å². The number of fused-ring (bicyclic) bond motifs is 1. The Balaban J connectivity index is 1.08. The van der Waals surface area contributed by atoms with Crippen molar-refractivity contribution < 1.29 is 13.9 Å². The number of likely N-dealkylation sites (tertiary alicyclic amines) is 2. The molecule has 3 aliphatic rings. The van der Waals surface area contributed by atoms with Crippen LogP contribution in [0.5, 0.6) is 5.75 Å². The molecule has 0 radical (unpaired) electrons. The fraction of sp³-hybridized carbons (Fsp3) is 0.481. The highest BCUT2D eigenvalue weighted by atomic mass is 19.1. The number of ether oxygens (including phenoxy) is 1. The number of carbonyl (C=O) groups excluding carboxylic acids is 1. The molecular weight excluding hydrogens is 431 g/mol. The van der Waals surface area contributed by atoms with Crippen molar-refractivity contribution in [3.8, 4) is 11.6 Å². The van der Waals surface area contributed by atoms with Crippen molar-refractivity contribution in [2.45, 2.75) is 50.3 Å². The molecular formula is C27H31FN4O2. The summed E-state index contributed by atoms with van der Waals surface area (Å²) in [5.74, 6) is 1.69. The van der Waals surface area contributed by atoms with E-state index >= 15 is 0 Å². The number of carbonyl (C=O) groups is 1. The lowest BCUT2D eigenvalue weighted by Crippen LogP contribution is -2.48. The normalized spacial score (nSPS) is 20.7. The molecule has 1 aliphatic carbocycles. The Bertz CT molecular complexity index is 1180. The first-order valence-corrected chi connectivity index (χ1v) is 12.5. The molecule has 2 aromatic heterocycles. The molecule has 3 fully saturated rings. The maximum Gasteiger partial charge on any atom is 0.253 e. The summed E-state index contributed by atoms with van der Waals surface area (Å²) in [5.41, 5.74) is 0.815. The molecule has 0 N–H and O–H groups in total. The SMILES string of the molecule is O=C(c1ccc2c(ccn2-c2ccc(OC3CCN(CC4(F)CCC4)CC3)cn2)c1)N1CCC1. The zero-order chi connectivity index (χ0) is 23.1. The topological polar surface area (TPSA) is 50.6 Å². The maximum atomic E-state index is 14.4. The Labute approximate surface area is 199 Å². The summed E-state index contributed by atoms with van der Waals surface area (Å²) >= 11 is 0. The summed E-state index contributed by atoms with van der Waals surface area (Å²) in [5, 5.41) is 1.03. The van der Waals surface area contributed by atoms with Crippen molar-refractivity contribution in [3.05, 3.63) is 54.4 Å². The summed E-state index contributed by atoms with van der Waals surface area (Å²) in [4.78, 5) is 21.3. The van der Waals surface area contributed by atoms with E-state index in [1.165, 1.54) is 0 Å². The molecule has 2 aliphatic heterocycles. The van der Waals surface area contributed by atoms with Crippen LogP contribution in [-0.2, 0) is 0 Å². The number of pyridine rings is 1. The second kappa shape index (κ2) is 8.69. The van der Waals surface area contributed by atoms with Crippen molar-refractivity contribution in [3.63, 3.8) is 0 Å². The average molecular weight is 463 g/mol. The molecule has 4 heterocycles. The van der Waals surface area contributed by atoms with Crippen molar-refractivity contribution in [1.29, 1.82) is 0 Å². The maximum absolute atomic E-state index is 14.4. The smallest absolute Gasteiger partial charge is 0.253 e. The molecule has 178 valence electrons. The number of hydrogen-bond acceptors (Lipinski definition) is 4. The Morgan fingerprint density at radius 2 is 1.88 bits per heavy atom. The number of hydrogen-bond donors (Lipinski definition) is 0. The first-order chi connectivity index (χ1) is 16.6. The van der Waals surface area contributed by atoms with Crippen LogP contribution < -0.4 is 4.74 Å². The molecule has 1 saturated carbocycles. The largest absolute Gasteiger partial charge is 0.489 e. The van der Waals surface area contributed by atoms with Gasteiger partial charge in [-0.1, -0.05) is 0 Å². The predicted molar refractivity (Wildman–Crippen MR) is 129 cm³/mol. The van der Waals surface area contributed by atoms with Gasteiger partial charge in [-0.2, -0.15) is 0 Å². The number of piperidine rings is 1. The van der Waals surface area contributed by atoms with Gasteiger partial charge in [0, 0.05) is 49.9 Å². The van der Waals surface area contributed by atoms with Gasteiger partial charge in [-0.3, -0.25) is 9.69 Å². The van der Waals surface area contributed by atoms with E-state index in [4.69, 9.17) is 4.74 Å². The molecule has 34 heavy (non-hydrogen) atoms. The number of alkyl halides is 1. The van der Waals surface area contributed by atoms with Gasteiger partial charge in [-0.05, 0) is 74.9 Å². The van der Waals surface area contributed by atoms with Crippen LogP contribution in [-0.4, -0.2) is 69.8 Å². The molecule has 6 nitrogen and oxygen atoms in total. The van der Waals surface area contributed by atoms with Gasteiger partial charge in [0.2, 0.25) is 0 Å². The van der Waals surface area contributed by atoms with E-state index in [2.05, 4.69) is 9.88 Å². The Hall–Kier alpha value is -2.93. The highest BCUT2D eigenvalue weighted by Gasteiger charge is 2.39. The van der Waals surface area contributed by atoms with Gasteiger partial charge in [0.05, 0.1) is 11.7 Å². The first kappa shape index (κ1) is 21.6. The minimum Gasteiger partial charge on any atom is -0.489 e. The second-order valence-electron chi connectivity index (χ2n) is 10.1. The summed E-state index contributed by atoms with van der Waals surface area (Å²) in [6.45, 7) is 4.06. The van der Waals surface area contributed by atoms with Gasteiger partial charge in [-0.25, -0.2) is 9.37 Å². The van der Waals surface area contributed by atoms with Crippen molar-refractivity contribution >= 4 is 16.8 Å². The van der Waals surface area contributed by atoms with Crippen molar-refractivity contribution in [2.24, 2.45) is 0 Å². The zero-order valence-electron chi connectivity index (χ0n) is 19.5. The molecule has 0 spiro atoms. The van der Waals surface area contributed by atoms with Crippen LogP contribution in [0.2, 0.25) is 0 Å². The quantitative estimate of drug-likeness (QED) is 0.537. The van der Waals surface area contributed by atoms with E-state index in [-0.39, 0.29) is 12.0 Å². The Kier molecular flexibility index (Phi) is 5.52. The van der Waals surface area contributed by atoms with Crippen LogP contribution in [0.1, 0.15) is 48.9 Å². The minimum absolute atomic E-state index is 0.110. The fourth-order valence-electron chi connectivity index (χ4n) is 5.26. The molecule has 0 unspecified atom stereocenters. The van der Waals surface area contributed by atoms with Crippen molar-refractivity contribution in [1.82, 2.24) is 19.4 Å². The molecule has 7 heteroatoms. The summed E-state index contributed by atoms with van der Waals surface area (Å²) in [6.07, 6.45) is 9.30. The van der Waals surface area contributed by atoms with Gasteiger partial charge in [0.15, 0.2) is 0 Å². The number of aromatic nitrogens is 2. The van der Waals surface area contributed by atoms with Crippen LogP contribution in [0.4, 0.5) is 4.39 Å². The first-order valence-electron chi connectivity index (χ1n) is 12.5. The molecule has 1 amide bonds. The minimum atomic E-state index is -0.943. The third-order valence-electron chi connectivity index (χ3n) is 7.64. The van der Waals surface area contributed by atoms with Crippen molar-refractivity contribution in [2.75, 3.05) is 32.7 Å². The van der Waals surface area contributed by atoms with Gasteiger partial charge < -0.3 is 14.2 Å². The Morgan fingerprint density at radius 3 is 2.53 bits per heavy atom. The van der Waals surface area contributed by atoms with Crippen LogP contribution >= 0.6 is 0 Å². The lowest BCUT2D eigenvalue weighted by molar-refractivity contribution is 0.00154. The molecule has 0 bridgehead atoms. The van der Waals surface area contributed by atoms with E-state index in [0.29, 0.717) is 6.54 Å². The lowest BCUT2D eigenvalue weighted by atomic mass is 9.81. The second-order valence-corrected chi connectivity index (χ2v) is 10.1. The number of amides is 1. The standard InChI is InChI=1S/C27H31FN4O2/c28-27(10-1-11-27)19-30-14-8-22(9-15-30)34-23-4-6-25(29-18-23)32-16-7-20-17-21(3-5-24(20)32)26(33)31-12-2-13-31/h3-7,16-18,22H,1-2,8-15,19H2. The van der Waals surface area contributed by atoms with Gasteiger partial charge >= 0.3 is 0 Å². The van der Waals surface area contributed by atoms with Gasteiger partial charge in [-0.15, -0.1) is 0 Å². The third kappa shape index (κ3) is 4.17. The lowest BCUT2D eigenvalue weighted by Gasteiger charge is -2.40. The predicted octanol–water partition coefficient (Wildman–Crippen LogP) is 4.61. The van der Waals surface area contributed by atoms with Gasteiger partial charge in [0.25, 0.3) is 5.91 Å². The van der Waals surface area contributed by atoms with Crippen LogP contribution in [0.15, 0.2) is 48.8 Å². The molecule has 1 aromatic carbocycles. The van der Waals surface area contributed by atoms with Crippen LogP contribution in [0.25, 0.3) is 16.7 Å². The third-order valence-corrected chi connectivity index (χ3v) is 7.64. The zero-order valence-corrected chi connectivity index (χ0v) is 19.5. The summed E-state index contributed by atoms with van der Waals surface area (Å²) in [7, 11) is 0. The molecule has 0 atom stereocenters. The number of rotatable bonds is 6. The molecule has 6 rings (SSSR count). The van der Waals surface area contributed by atoms with Crippen LogP contribution in [0.3, 0.4) is 0 Å². The average Bonchev–Trinajstić information content (AvgIpc) is 3.22. The number of benzene rings is 1. The molecule has 3 aromatic rings. The van der Waals surface area contributed by atoms with E-state index in [9.17, 15) is 9.18 Å². The number of nitrogens with zero attached hydrogens (tertiary/aromatic N) is 4. The Morgan fingerprint density at radius 1 is 1.06 bits per heavy atom. The molecule has 2 saturated heterocycles. The highest BCUT2D eigenvalue weighted by molar-refractivity contribution is 5.98. The van der Waals surface area contributed by atoms with E-state index in [0.717, 1.165) is 92.7 Å². The fourth-order valence-corrected chi connectivity index (χ4v) is 5.26. The van der Waals surface area contributed by atoms with E-state index < -0.39 is 5.67 Å². The highest BCUT2D eigenvalue weighted by Crippen LogP contribution is 2.37. The van der Waals surface area contributed by atoms with Gasteiger partial charge in [0.1, 0.15) is 23.3 Å². The summed E-state index contributed by atoms with van der Waals surface area (Å²) < 4.78 is 22.6. The number of halogens is 1. The van der Waals surface area contributed by atoms with E-state index in [1.54, 1.807) is 6.20 Å². The summed E-state index contributed by atoms with van der Waals surface area (Å²) in [6, 6.07) is 11.8. The monoisotopic (exact) mass is 462 g/mol. The van der Waals surface area contributed by atoms with Crippen LogP contribution in [0, 0.1) is 0 Å².